The molecule has 3 atom stereocenters. The van der Waals surface area contributed by atoms with E-state index in [1.807, 2.05) is 0 Å². The zero-order valence-electron chi connectivity index (χ0n) is 10.2. The van der Waals surface area contributed by atoms with Crippen LogP contribution in [0, 0.1) is 0 Å². The van der Waals surface area contributed by atoms with Gasteiger partial charge in [-0.3, -0.25) is 0 Å². The molecule has 2 fully saturated rings. The van der Waals surface area contributed by atoms with Crippen LogP contribution in [0.2, 0.25) is 0 Å². The van der Waals surface area contributed by atoms with Gasteiger partial charge in [0, 0.05) is 13.1 Å². The second-order valence-electron chi connectivity index (χ2n) is 5.50. The summed E-state index contributed by atoms with van der Waals surface area (Å²) in [5.74, 6) is 0. The van der Waals surface area contributed by atoms with Crippen LogP contribution in [0.1, 0.15) is 33.1 Å². The van der Waals surface area contributed by atoms with Crippen LogP contribution in [0.3, 0.4) is 0 Å². The van der Waals surface area contributed by atoms with Gasteiger partial charge in [-0.2, -0.15) is 0 Å². The molecule has 0 radical (unpaired) electrons. The van der Waals surface area contributed by atoms with Crippen molar-refractivity contribution in [2.45, 2.75) is 57.0 Å². The normalized spacial score (nSPS) is 38.8. The van der Waals surface area contributed by atoms with Crippen molar-refractivity contribution >= 4 is 0 Å². The van der Waals surface area contributed by atoms with E-state index >= 15 is 0 Å². The van der Waals surface area contributed by atoms with Gasteiger partial charge in [-0.1, -0.05) is 0 Å². The highest BCUT2D eigenvalue weighted by Crippen LogP contribution is 2.23. The van der Waals surface area contributed by atoms with Crippen molar-refractivity contribution in [1.29, 1.82) is 0 Å². The molecule has 2 N–H and O–H groups in total. The third kappa shape index (κ3) is 3.17. The number of morpholine rings is 1. The fraction of sp³-hybridized carbons (Fsp3) is 1.00. The van der Waals surface area contributed by atoms with Crippen molar-refractivity contribution in [3.05, 3.63) is 0 Å². The number of aliphatic hydroxyl groups is 1. The molecule has 0 bridgehead atoms. The number of rotatable bonds is 3. The van der Waals surface area contributed by atoms with Gasteiger partial charge in [0.05, 0.1) is 30.5 Å². The van der Waals surface area contributed by atoms with Crippen molar-refractivity contribution in [2.24, 2.45) is 0 Å². The summed E-state index contributed by atoms with van der Waals surface area (Å²) in [5.41, 5.74) is -0.111. The molecule has 1 saturated carbocycles. The molecular weight excluding hydrogens is 206 g/mol. The molecule has 16 heavy (non-hydrogen) atoms. The number of hydrogen-bond acceptors (Lipinski definition) is 4. The van der Waals surface area contributed by atoms with Gasteiger partial charge in [0.15, 0.2) is 0 Å². The summed E-state index contributed by atoms with van der Waals surface area (Å²) in [6.07, 6.45) is 2.78. The second-order valence-corrected chi connectivity index (χ2v) is 5.50. The second kappa shape index (κ2) is 5.00. The highest BCUT2D eigenvalue weighted by atomic mass is 16.6. The number of hydrogen-bond donors (Lipinski definition) is 2. The summed E-state index contributed by atoms with van der Waals surface area (Å²) in [5, 5.41) is 13.0. The minimum absolute atomic E-state index is 0.0219. The fourth-order valence-corrected chi connectivity index (χ4v) is 2.49. The van der Waals surface area contributed by atoms with Crippen LogP contribution in [-0.2, 0) is 9.47 Å². The lowest BCUT2D eigenvalue weighted by molar-refractivity contribution is -0.137. The van der Waals surface area contributed by atoms with Gasteiger partial charge in [0.25, 0.3) is 0 Å². The molecular formula is C12H23NO3. The van der Waals surface area contributed by atoms with E-state index in [0.717, 1.165) is 32.4 Å². The van der Waals surface area contributed by atoms with Crippen molar-refractivity contribution in [2.75, 3.05) is 19.7 Å². The van der Waals surface area contributed by atoms with Crippen LogP contribution < -0.4 is 5.32 Å². The average Bonchev–Trinajstić information content (AvgIpc) is 2.60. The lowest BCUT2D eigenvalue weighted by Crippen LogP contribution is -2.52. The maximum absolute atomic E-state index is 9.64. The minimum Gasteiger partial charge on any atom is -0.390 e. The van der Waals surface area contributed by atoms with Gasteiger partial charge in [-0.25, -0.2) is 0 Å². The van der Waals surface area contributed by atoms with E-state index in [0.29, 0.717) is 6.61 Å². The molecule has 1 saturated heterocycles. The lowest BCUT2D eigenvalue weighted by Gasteiger charge is -2.37. The summed E-state index contributed by atoms with van der Waals surface area (Å²) in [4.78, 5) is 0. The zero-order chi connectivity index (χ0) is 11.6. The first kappa shape index (κ1) is 12.3. The highest BCUT2D eigenvalue weighted by Gasteiger charge is 2.31. The van der Waals surface area contributed by atoms with Crippen molar-refractivity contribution in [3.63, 3.8) is 0 Å². The zero-order valence-corrected chi connectivity index (χ0v) is 10.2. The Balaban J connectivity index is 1.73. The van der Waals surface area contributed by atoms with Gasteiger partial charge >= 0.3 is 0 Å². The Morgan fingerprint density at radius 1 is 1.44 bits per heavy atom. The van der Waals surface area contributed by atoms with Crippen molar-refractivity contribution < 1.29 is 14.6 Å². The molecule has 2 rings (SSSR count). The molecule has 4 nitrogen and oxygen atoms in total. The van der Waals surface area contributed by atoms with Gasteiger partial charge in [0.1, 0.15) is 0 Å². The largest absolute Gasteiger partial charge is 0.390 e. The number of aliphatic hydroxyl groups excluding tert-OH is 1. The molecule has 1 heterocycles. The van der Waals surface area contributed by atoms with Gasteiger partial charge < -0.3 is 19.9 Å². The van der Waals surface area contributed by atoms with Crippen molar-refractivity contribution in [1.82, 2.24) is 5.32 Å². The predicted molar refractivity (Wildman–Crippen MR) is 61.4 cm³/mol. The van der Waals surface area contributed by atoms with E-state index in [1.165, 1.54) is 0 Å². The topological polar surface area (TPSA) is 50.7 Å². The predicted octanol–water partition coefficient (Wildman–Crippen LogP) is 0.683. The third-order valence-corrected chi connectivity index (χ3v) is 3.32. The van der Waals surface area contributed by atoms with E-state index in [1.54, 1.807) is 0 Å². The first-order chi connectivity index (χ1) is 7.57. The van der Waals surface area contributed by atoms with Crippen LogP contribution >= 0.6 is 0 Å². The summed E-state index contributed by atoms with van der Waals surface area (Å²) in [6.45, 7) is 6.47. The number of nitrogens with one attached hydrogen (secondary N) is 1. The highest BCUT2D eigenvalue weighted by molar-refractivity contribution is 4.82. The summed E-state index contributed by atoms with van der Waals surface area (Å²) < 4.78 is 11.6. The van der Waals surface area contributed by atoms with Gasteiger partial charge in [-0.15, -0.1) is 0 Å². The maximum Gasteiger partial charge on any atom is 0.0940 e. The Hall–Kier alpha value is -0.160. The first-order valence-electron chi connectivity index (χ1n) is 6.25. The molecule has 4 heteroatoms. The van der Waals surface area contributed by atoms with E-state index < -0.39 is 0 Å². The molecule has 1 aliphatic heterocycles. The lowest BCUT2D eigenvalue weighted by atomic mass is 10.1. The molecule has 0 aromatic carbocycles. The fourth-order valence-electron chi connectivity index (χ4n) is 2.49. The van der Waals surface area contributed by atoms with Crippen molar-refractivity contribution in [3.8, 4) is 0 Å². The standard InChI is InChI=1S/C12H23NO3/c1-12(2)8-13-6-9(16-12)7-15-11-5-3-4-10(11)14/h9-11,13-14H,3-8H2,1-2H3. The SMILES string of the molecule is CC1(C)CNCC(COC2CCCC2O)O1. The van der Waals surface area contributed by atoms with Crippen LogP contribution in [0.25, 0.3) is 0 Å². The maximum atomic E-state index is 9.64. The van der Waals surface area contributed by atoms with Crippen LogP contribution in [-0.4, -0.2) is 48.7 Å². The molecule has 3 unspecified atom stereocenters. The summed E-state index contributed by atoms with van der Waals surface area (Å²) >= 11 is 0. The van der Waals surface area contributed by atoms with Gasteiger partial charge in [-0.05, 0) is 33.1 Å². The quantitative estimate of drug-likeness (QED) is 0.747. The minimum atomic E-state index is -0.274. The molecule has 0 aromatic heterocycles. The Kier molecular flexibility index (Phi) is 3.85. The van der Waals surface area contributed by atoms with Crippen LogP contribution in [0.5, 0.6) is 0 Å². The molecule has 94 valence electrons. The molecule has 2 aliphatic rings. The Bertz CT molecular complexity index is 232. The van der Waals surface area contributed by atoms with Crippen LogP contribution in [0.4, 0.5) is 0 Å². The van der Waals surface area contributed by atoms with E-state index in [4.69, 9.17) is 9.47 Å². The Morgan fingerprint density at radius 3 is 2.88 bits per heavy atom. The molecule has 0 spiro atoms. The molecule has 0 amide bonds. The summed E-state index contributed by atoms with van der Waals surface area (Å²) in [7, 11) is 0. The van der Waals surface area contributed by atoms with E-state index in [2.05, 4.69) is 19.2 Å². The third-order valence-electron chi connectivity index (χ3n) is 3.32. The number of ether oxygens (including phenoxy) is 2. The monoisotopic (exact) mass is 229 g/mol. The smallest absolute Gasteiger partial charge is 0.0940 e. The Labute approximate surface area is 97.3 Å². The summed E-state index contributed by atoms with van der Waals surface area (Å²) in [6, 6.07) is 0. The van der Waals surface area contributed by atoms with Crippen LogP contribution in [0.15, 0.2) is 0 Å². The molecule has 1 aliphatic carbocycles. The van der Waals surface area contributed by atoms with Gasteiger partial charge in [0.2, 0.25) is 0 Å². The molecule has 0 aromatic rings. The Morgan fingerprint density at radius 2 is 2.25 bits per heavy atom. The average molecular weight is 229 g/mol. The first-order valence-corrected chi connectivity index (χ1v) is 6.25. The van der Waals surface area contributed by atoms with E-state index in [9.17, 15) is 5.11 Å². The van der Waals surface area contributed by atoms with E-state index in [-0.39, 0.29) is 23.9 Å².